The molecule has 6 heteroatoms. The van der Waals surface area contributed by atoms with Gasteiger partial charge in [0.15, 0.2) is 0 Å². The third-order valence-corrected chi connectivity index (χ3v) is 3.91. The van der Waals surface area contributed by atoms with Gasteiger partial charge in [0, 0.05) is 7.05 Å². The summed E-state index contributed by atoms with van der Waals surface area (Å²) < 4.78 is 2.56. The summed E-state index contributed by atoms with van der Waals surface area (Å²) in [5, 5.41) is 16.4. The monoisotopic (exact) mass is 306 g/mol. The van der Waals surface area contributed by atoms with Crippen LogP contribution in [0.3, 0.4) is 0 Å². The Kier molecular flexibility index (Phi) is 3.16. The number of nitrogens with zero attached hydrogens (tertiary/aromatic N) is 2. The molecular formula is C9H8BrClN2OS. The molecule has 2 aromatic rings. The van der Waals surface area contributed by atoms with E-state index in [4.69, 9.17) is 11.6 Å². The topological polar surface area (TPSA) is 38.0 Å². The number of thiophene rings is 1. The molecule has 0 aliphatic heterocycles. The summed E-state index contributed by atoms with van der Waals surface area (Å²) in [5.74, 6) is 0. The largest absolute Gasteiger partial charge is 0.382 e. The van der Waals surface area contributed by atoms with E-state index in [2.05, 4.69) is 21.0 Å². The molecule has 0 aliphatic carbocycles. The van der Waals surface area contributed by atoms with Gasteiger partial charge in [-0.3, -0.25) is 4.68 Å². The molecule has 2 heterocycles. The second kappa shape index (κ2) is 4.25. The maximum Gasteiger partial charge on any atom is 0.123 e. The van der Waals surface area contributed by atoms with Gasteiger partial charge in [-0.1, -0.05) is 11.6 Å². The molecule has 0 bridgehead atoms. The Hall–Kier alpha value is -0.360. The highest BCUT2D eigenvalue weighted by atomic mass is 79.9. The van der Waals surface area contributed by atoms with Crippen LogP contribution in [-0.2, 0) is 7.05 Å². The Labute approximate surface area is 104 Å². The SMILES string of the molecule is Cn1ncc(Cl)c1C(O)c1csc(Br)c1. The fourth-order valence-corrected chi connectivity index (χ4v) is 2.82. The van der Waals surface area contributed by atoms with Gasteiger partial charge >= 0.3 is 0 Å². The van der Waals surface area contributed by atoms with Crippen LogP contribution in [0.5, 0.6) is 0 Å². The van der Waals surface area contributed by atoms with Gasteiger partial charge in [-0.15, -0.1) is 11.3 Å². The lowest BCUT2D eigenvalue weighted by atomic mass is 10.1. The van der Waals surface area contributed by atoms with Crippen molar-refractivity contribution < 1.29 is 5.11 Å². The zero-order valence-corrected chi connectivity index (χ0v) is 11.0. The number of aliphatic hydroxyl groups excluding tert-OH is 1. The number of hydrogen-bond acceptors (Lipinski definition) is 3. The molecule has 0 aliphatic rings. The van der Waals surface area contributed by atoms with Gasteiger partial charge in [-0.25, -0.2) is 0 Å². The number of aromatic nitrogens is 2. The lowest BCUT2D eigenvalue weighted by Gasteiger charge is -2.09. The van der Waals surface area contributed by atoms with Crippen LogP contribution in [0.4, 0.5) is 0 Å². The Morgan fingerprint density at radius 1 is 1.67 bits per heavy atom. The Morgan fingerprint density at radius 2 is 2.40 bits per heavy atom. The van der Waals surface area contributed by atoms with E-state index in [1.807, 2.05) is 11.4 Å². The second-order valence-corrected chi connectivity index (χ2v) is 5.79. The van der Waals surface area contributed by atoms with E-state index < -0.39 is 6.10 Å². The van der Waals surface area contributed by atoms with E-state index in [0.29, 0.717) is 10.7 Å². The second-order valence-electron chi connectivity index (χ2n) is 3.09. The third-order valence-electron chi connectivity index (χ3n) is 2.10. The summed E-state index contributed by atoms with van der Waals surface area (Å²) in [5.41, 5.74) is 1.43. The highest BCUT2D eigenvalue weighted by molar-refractivity contribution is 9.11. The van der Waals surface area contributed by atoms with E-state index in [1.165, 1.54) is 17.5 Å². The van der Waals surface area contributed by atoms with Crippen LogP contribution in [0.15, 0.2) is 21.4 Å². The molecule has 1 unspecified atom stereocenters. The van der Waals surface area contributed by atoms with E-state index in [-0.39, 0.29) is 0 Å². The molecule has 1 N–H and O–H groups in total. The lowest BCUT2D eigenvalue weighted by Crippen LogP contribution is -2.06. The Bertz CT molecular complexity index is 463. The minimum Gasteiger partial charge on any atom is -0.382 e. The molecule has 0 saturated heterocycles. The van der Waals surface area contributed by atoms with Crippen molar-refractivity contribution in [3.8, 4) is 0 Å². The lowest BCUT2D eigenvalue weighted by molar-refractivity contribution is 0.210. The molecule has 0 amide bonds. The van der Waals surface area contributed by atoms with E-state index in [9.17, 15) is 5.11 Å². The Morgan fingerprint density at radius 3 is 2.87 bits per heavy atom. The summed E-state index contributed by atoms with van der Waals surface area (Å²) in [4.78, 5) is 0. The van der Waals surface area contributed by atoms with Crippen molar-refractivity contribution in [1.82, 2.24) is 9.78 Å². The standard InChI is InChI=1S/C9H8BrClN2OS/c1-13-8(6(11)3-12-13)9(14)5-2-7(10)15-4-5/h2-4,9,14H,1H3. The summed E-state index contributed by atoms with van der Waals surface area (Å²) in [7, 11) is 1.76. The highest BCUT2D eigenvalue weighted by Crippen LogP contribution is 2.31. The number of halogens is 2. The van der Waals surface area contributed by atoms with Gasteiger partial charge in [0.2, 0.25) is 0 Å². The molecule has 0 spiro atoms. The summed E-state index contributed by atoms with van der Waals surface area (Å²) in [6, 6.07) is 1.87. The van der Waals surface area contributed by atoms with Crippen LogP contribution in [0.1, 0.15) is 17.4 Å². The molecule has 0 saturated carbocycles. The molecule has 3 nitrogen and oxygen atoms in total. The predicted octanol–water partition coefficient (Wildman–Crippen LogP) is 2.98. The highest BCUT2D eigenvalue weighted by Gasteiger charge is 2.19. The maximum absolute atomic E-state index is 10.1. The van der Waals surface area contributed by atoms with Crippen LogP contribution >= 0.6 is 38.9 Å². The third kappa shape index (κ3) is 2.10. The molecule has 0 fully saturated rings. The van der Waals surface area contributed by atoms with Gasteiger partial charge in [0.1, 0.15) is 6.10 Å². The average molecular weight is 308 g/mol. The molecule has 0 radical (unpaired) electrons. The zero-order valence-electron chi connectivity index (χ0n) is 7.82. The number of hydrogen-bond donors (Lipinski definition) is 1. The molecule has 1 atom stereocenters. The smallest absolute Gasteiger partial charge is 0.123 e. The maximum atomic E-state index is 10.1. The molecule has 2 aromatic heterocycles. The van der Waals surface area contributed by atoms with Gasteiger partial charge < -0.3 is 5.11 Å². The number of aryl methyl sites for hydroxylation is 1. The fourth-order valence-electron chi connectivity index (χ4n) is 1.35. The van der Waals surface area contributed by atoms with Crippen molar-refractivity contribution in [3.63, 3.8) is 0 Å². The quantitative estimate of drug-likeness (QED) is 0.926. The molecular weight excluding hydrogens is 300 g/mol. The van der Waals surface area contributed by atoms with Crippen molar-refractivity contribution >= 4 is 38.9 Å². The van der Waals surface area contributed by atoms with E-state index in [0.717, 1.165) is 9.35 Å². The van der Waals surface area contributed by atoms with Gasteiger partial charge in [-0.2, -0.15) is 5.10 Å². The molecule has 0 aromatic carbocycles. The number of aliphatic hydroxyl groups is 1. The van der Waals surface area contributed by atoms with Crippen LogP contribution < -0.4 is 0 Å². The summed E-state index contributed by atoms with van der Waals surface area (Å²) in [6.07, 6.45) is 0.800. The van der Waals surface area contributed by atoms with Crippen molar-refractivity contribution in [3.05, 3.63) is 37.7 Å². The molecule has 80 valence electrons. The summed E-state index contributed by atoms with van der Waals surface area (Å²) >= 11 is 10.8. The minimum atomic E-state index is -0.729. The number of rotatable bonds is 2. The summed E-state index contributed by atoms with van der Waals surface area (Å²) in [6.45, 7) is 0. The first-order valence-corrected chi connectivity index (χ1v) is 6.24. The normalized spacial score (nSPS) is 13.1. The Balaban J connectivity index is 2.40. The van der Waals surface area contributed by atoms with Gasteiger partial charge in [0.05, 0.1) is 20.7 Å². The van der Waals surface area contributed by atoms with E-state index >= 15 is 0 Å². The minimum absolute atomic E-state index is 0.479. The average Bonchev–Trinajstić information content (AvgIpc) is 2.73. The van der Waals surface area contributed by atoms with Crippen molar-refractivity contribution in [1.29, 1.82) is 0 Å². The van der Waals surface area contributed by atoms with Crippen molar-refractivity contribution in [2.45, 2.75) is 6.10 Å². The van der Waals surface area contributed by atoms with Crippen LogP contribution in [0.25, 0.3) is 0 Å². The van der Waals surface area contributed by atoms with E-state index in [1.54, 1.807) is 11.7 Å². The first-order valence-electron chi connectivity index (χ1n) is 4.19. The van der Waals surface area contributed by atoms with Gasteiger partial charge in [0.25, 0.3) is 0 Å². The first kappa shape index (κ1) is 11.1. The molecule has 2 rings (SSSR count). The first-order chi connectivity index (χ1) is 7.09. The fraction of sp³-hybridized carbons (Fsp3) is 0.222. The van der Waals surface area contributed by atoms with Crippen LogP contribution in [-0.4, -0.2) is 14.9 Å². The van der Waals surface area contributed by atoms with Crippen molar-refractivity contribution in [2.24, 2.45) is 7.05 Å². The van der Waals surface area contributed by atoms with Gasteiger partial charge in [-0.05, 0) is 32.9 Å². The van der Waals surface area contributed by atoms with Crippen LogP contribution in [0, 0.1) is 0 Å². The van der Waals surface area contributed by atoms with Crippen molar-refractivity contribution in [2.75, 3.05) is 0 Å². The zero-order chi connectivity index (χ0) is 11.0. The molecule has 15 heavy (non-hydrogen) atoms. The predicted molar refractivity (Wildman–Crippen MR) is 64.3 cm³/mol. The van der Waals surface area contributed by atoms with Crippen LogP contribution in [0.2, 0.25) is 5.02 Å².